The van der Waals surface area contributed by atoms with Gasteiger partial charge < -0.3 is 9.80 Å². The molecule has 0 saturated heterocycles. The second kappa shape index (κ2) is 10.7. The Morgan fingerprint density at radius 2 is 1.78 bits per heavy atom. The number of hydrogen-bond donors (Lipinski definition) is 0. The predicted molar refractivity (Wildman–Crippen MR) is 148 cm³/mol. The summed E-state index contributed by atoms with van der Waals surface area (Å²) in [4.78, 5) is 31.1. The Kier molecular flexibility index (Phi) is 7.84. The van der Waals surface area contributed by atoms with Gasteiger partial charge in [-0.1, -0.05) is 11.6 Å². The fraction of sp³-hybridized carbons (Fsp3) is 0.567. The number of carbonyl (C=O) groups excluding carboxylic acids is 2. The van der Waals surface area contributed by atoms with Gasteiger partial charge in [-0.2, -0.15) is 5.10 Å². The van der Waals surface area contributed by atoms with E-state index in [1.54, 1.807) is 0 Å². The molecule has 1 saturated carbocycles. The number of allylic oxidation sites excluding steroid dienone is 4. The molecule has 0 amide bonds. The van der Waals surface area contributed by atoms with Crippen LogP contribution in [-0.4, -0.2) is 59.0 Å². The summed E-state index contributed by atoms with van der Waals surface area (Å²) < 4.78 is 1.90. The van der Waals surface area contributed by atoms with Gasteiger partial charge in [0.1, 0.15) is 0 Å². The van der Waals surface area contributed by atoms with E-state index in [2.05, 4.69) is 48.1 Å². The SMILES string of the molecule is CCN(c1cc(C(=O)CCC2=C(C)C=C(C)CC2=O)c(C)c2c1cnn2C)C1CCC(N(C)C)CC1. The quantitative estimate of drug-likeness (QED) is 0.439. The Morgan fingerprint density at radius 3 is 2.39 bits per heavy atom. The third-order valence-corrected chi connectivity index (χ3v) is 8.36. The number of ketones is 2. The van der Waals surface area contributed by atoms with Gasteiger partial charge in [-0.25, -0.2) is 0 Å². The van der Waals surface area contributed by atoms with E-state index in [-0.39, 0.29) is 11.6 Å². The molecule has 2 aromatic rings. The van der Waals surface area contributed by atoms with E-state index in [0.717, 1.165) is 63.8 Å². The molecular formula is C30H42N4O2. The van der Waals surface area contributed by atoms with E-state index in [1.807, 2.05) is 38.7 Å². The highest BCUT2D eigenvalue weighted by Gasteiger charge is 2.29. The lowest BCUT2D eigenvalue weighted by atomic mass is 9.87. The maximum Gasteiger partial charge on any atom is 0.163 e. The molecule has 0 aliphatic heterocycles. The molecule has 6 heteroatoms. The van der Waals surface area contributed by atoms with Crippen LogP contribution in [-0.2, 0) is 11.8 Å². The molecule has 1 aromatic carbocycles. The first kappa shape index (κ1) is 26.3. The number of rotatable bonds is 8. The predicted octanol–water partition coefficient (Wildman–Crippen LogP) is 5.78. The molecule has 36 heavy (non-hydrogen) atoms. The minimum Gasteiger partial charge on any atom is -0.368 e. The molecule has 0 radical (unpaired) electrons. The number of benzene rings is 1. The third kappa shape index (κ3) is 5.06. The fourth-order valence-corrected chi connectivity index (χ4v) is 6.36. The van der Waals surface area contributed by atoms with Gasteiger partial charge in [0.2, 0.25) is 0 Å². The highest BCUT2D eigenvalue weighted by Crippen LogP contribution is 2.37. The summed E-state index contributed by atoms with van der Waals surface area (Å²) >= 11 is 0. The van der Waals surface area contributed by atoms with Crippen molar-refractivity contribution in [1.29, 1.82) is 0 Å². The molecule has 0 spiro atoms. The minimum absolute atomic E-state index is 0.101. The van der Waals surface area contributed by atoms with Gasteiger partial charge >= 0.3 is 0 Å². The highest BCUT2D eigenvalue weighted by atomic mass is 16.1. The van der Waals surface area contributed by atoms with Crippen LogP contribution in [0.2, 0.25) is 0 Å². The molecule has 0 bridgehead atoms. The first-order valence-electron chi connectivity index (χ1n) is 13.4. The molecule has 2 aliphatic carbocycles. The number of hydrogen-bond acceptors (Lipinski definition) is 5. The number of carbonyl (C=O) groups is 2. The van der Waals surface area contributed by atoms with E-state index >= 15 is 0 Å². The summed E-state index contributed by atoms with van der Waals surface area (Å²) in [7, 11) is 6.31. The largest absolute Gasteiger partial charge is 0.368 e. The lowest BCUT2D eigenvalue weighted by molar-refractivity contribution is -0.115. The van der Waals surface area contributed by atoms with Gasteiger partial charge in [0.15, 0.2) is 11.6 Å². The van der Waals surface area contributed by atoms with Crippen molar-refractivity contribution in [3.8, 4) is 0 Å². The topological polar surface area (TPSA) is 58.4 Å². The number of nitrogens with zero attached hydrogens (tertiary/aromatic N) is 4. The second-order valence-corrected chi connectivity index (χ2v) is 11.0. The summed E-state index contributed by atoms with van der Waals surface area (Å²) in [5.74, 6) is 0.258. The van der Waals surface area contributed by atoms with Crippen molar-refractivity contribution >= 4 is 28.2 Å². The van der Waals surface area contributed by atoms with E-state index in [9.17, 15) is 9.59 Å². The number of aromatic nitrogens is 2. The van der Waals surface area contributed by atoms with Crippen molar-refractivity contribution in [1.82, 2.24) is 14.7 Å². The minimum atomic E-state index is 0.101. The lowest BCUT2D eigenvalue weighted by Gasteiger charge is -2.40. The average Bonchev–Trinajstić information content (AvgIpc) is 3.22. The van der Waals surface area contributed by atoms with Gasteiger partial charge in [-0.05, 0) is 96.7 Å². The first-order chi connectivity index (χ1) is 17.1. The van der Waals surface area contributed by atoms with Crippen LogP contribution in [0.4, 0.5) is 5.69 Å². The van der Waals surface area contributed by atoms with Crippen LogP contribution >= 0.6 is 0 Å². The zero-order valence-corrected chi connectivity index (χ0v) is 23.1. The molecule has 0 N–H and O–H groups in total. The summed E-state index contributed by atoms with van der Waals surface area (Å²) in [5.41, 5.74) is 6.78. The van der Waals surface area contributed by atoms with Crippen molar-refractivity contribution in [2.24, 2.45) is 7.05 Å². The summed E-state index contributed by atoms with van der Waals surface area (Å²) in [6, 6.07) is 3.22. The van der Waals surface area contributed by atoms with Gasteiger partial charge in [0.05, 0.1) is 11.7 Å². The standard InChI is InChI=1S/C30H42N4O2/c1-8-34(23-11-9-22(10-12-23)32(5)6)27-17-25(21(4)30-26(27)18-31-33(30)7)28(35)14-13-24-20(3)15-19(2)16-29(24)36/h15,17-18,22-23H,8-14,16H2,1-7H3. The second-order valence-electron chi connectivity index (χ2n) is 11.0. The van der Waals surface area contributed by atoms with Crippen molar-refractivity contribution in [3.63, 3.8) is 0 Å². The Morgan fingerprint density at radius 1 is 1.11 bits per heavy atom. The zero-order chi connectivity index (χ0) is 26.1. The Labute approximate surface area is 216 Å². The monoisotopic (exact) mass is 490 g/mol. The smallest absolute Gasteiger partial charge is 0.163 e. The number of fused-ring (bicyclic) bond motifs is 1. The van der Waals surface area contributed by atoms with Gasteiger partial charge in [0, 0.05) is 55.2 Å². The first-order valence-corrected chi connectivity index (χ1v) is 13.4. The normalized spacial score (nSPS) is 20.9. The molecule has 194 valence electrons. The molecule has 0 atom stereocenters. The van der Waals surface area contributed by atoms with Crippen LogP contribution in [0.25, 0.3) is 10.9 Å². The Balaban J connectivity index is 1.65. The molecular weight excluding hydrogens is 448 g/mol. The van der Waals surface area contributed by atoms with Crippen LogP contribution in [0.1, 0.15) is 81.6 Å². The molecule has 1 fully saturated rings. The van der Waals surface area contributed by atoms with Gasteiger partial charge in [0.25, 0.3) is 0 Å². The summed E-state index contributed by atoms with van der Waals surface area (Å²) in [6.45, 7) is 9.10. The van der Waals surface area contributed by atoms with E-state index in [0.29, 0.717) is 31.3 Å². The van der Waals surface area contributed by atoms with Crippen molar-refractivity contribution in [2.45, 2.75) is 84.7 Å². The molecule has 2 aliphatic rings. The molecule has 4 rings (SSSR count). The van der Waals surface area contributed by atoms with Crippen molar-refractivity contribution < 1.29 is 9.59 Å². The number of aryl methyl sites for hydroxylation is 2. The summed E-state index contributed by atoms with van der Waals surface area (Å²) in [6.07, 6.45) is 10.0. The molecule has 6 nitrogen and oxygen atoms in total. The molecule has 1 heterocycles. The summed E-state index contributed by atoms with van der Waals surface area (Å²) in [5, 5.41) is 5.69. The number of anilines is 1. The Hall–Kier alpha value is -2.73. The van der Waals surface area contributed by atoms with Crippen LogP contribution in [0.3, 0.4) is 0 Å². The van der Waals surface area contributed by atoms with Crippen molar-refractivity contribution in [2.75, 3.05) is 25.5 Å². The van der Waals surface area contributed by atoms with Crippen LogP contribution in [0.5, 0.6) is 0 Å². The third-order valence-electron chi connectivity index (χ3n) is 8.36. The molecule has 1 aromatic heterocycles. The van der Waals surface area contributed by atoms with Crippen molar-refractivity contribution in [3.05, 3.63) is 46.2 Å². The molecule has 0 unspecified atom stereocenters. The van der Waals surface area contributed by atoms with Crippen LogP contribution < -0.4 is 4.90 Å². The van der Waals surface area contributed by atoms with Gasteiger partial charge in [-0.15, -0.1) is 0 Å². The zero-order valence-electron chi connectivity index (χ0n) is 23.1. The lowest BCUT2D eigenvalue weighted by Crippen LogP contribution is -2.42. The maximum absolute atomic E-state index is 13.6. The van der Waals surface area contributed by atoms with E-state index in [4.69, 9.17) is 0 Å². The fourth-order valence-electron chi connectivity index (χ4n) is 6.36. The van der Waals surface area contributed by atoms with E-state index < -0.39 is 0 Å². The number of Topliss-reactive ketones (excluding diaryl/α,β-unsaturated/α-hetero) is 2. The average molecular weight is 491 g/mol. The van der Waals surface area contributed by atoms with Crippen LogP contribution in [0.15, 0.2) is 35.1 Å². The van der Waals surface area contributed by atoms with Crippen LogP contribution in [0, 0.1) is 6.92 Å². The highest BCUT2D eigenvalue weighted by molar-refractivity contribution is 6.07. The maximum atomic E-state index is 13.6. The van der Waals surface area contributed by atoms with E-state index in [1.165, 1.54) is 12.8 Å². The van der Waals surface area contributed by atoms with Gasteiger partial charge in [-0.3, -0.25) is 14.3 Å². The Bertz CT molecular complexity index is 1230.